The number of anilines is 1. The Kier molecular flexibility index (Phi) is 4.36. The van der Waals surface area contributed by atoms with Gasteiger partial charge in [0.2, 0.25) is 10.9 Å². The van der Waals surface area contributed by atoms with Gasteiger partial charge in [-0.3, -0.25) is 24.6 Å². The van der Waals surface area contributed by atoms with Gasteiger partial charge in [-0.25, -0.2) is 0 Å². The maximum atomic E-state index is 13.4. The number of nitrogens with zero attached hydrogens (tertiary/aromatic N) is 4. The number of nitro benzene ring substituents is 1. The maximum Gasteiger partial charge on any atom is 0.297 e. The number of carbonyl (C=O) groups is 1. The molecule has 0 aliphatic carbocycles. The number of non-ortho nitro benzene ring substituents is 1. The standard InChI is InChI=1S/C21H14N4O5S/c1-2-15-22-23-21(31-15)24-17(11-6-5-7-12(10-11)25(28)29)16-18(26)13-8-3-4-9-14(13)30-19(16)20(24)27/h3-10,17H,2H2,1H3. The molecule has 1 amide bonds. The summed E-state index contributed by atoms with van der Waals surface area (Å²) in [6.45, 7) is 1.92. The van der Waals surface area contributed by atoms with E-state index in [-0.39, 0.29) is 22.4 Å². The van der Waals surface area contributed by atoms with E-state index in [1.165, 1.54) is 34.4 Å². The van der Waals surface area contributed by atoms with E-state index in [0.717, 1.165) is 5.01 Å². The summed E-state index contributed by atoms with van der Waals surface area (Å²) in [5, 5.41) is 20.9. The first-order valence-corrected chi connectivity index (χ1v) is 10.3. The molecule has 9 nitrogen and oxygen atoms in total. The highest BCUT2D eigenvalue weighted by atomic mass is 32.1. The Morgan fingerprint density at radius 3 is 2.71 bits per heavy atom. The van der Waals surface area contributed by atoms with Crippen molar-refractivity contribution in [3.05, 3.63) is 90.8 Å². The summed E-state index contributed by atoms with van der Waals surface area (Å²) in [4.78, 5) is 38.9. The molecule has 2 aromatic heterocycles. The lowest BCUT2D eigenvalue weighted by Crippen LogP contribution is -2.29. The number of para-hydroxylation sites is 1. The summed E-state index contributed by atoms with van der Waals surface area (Å²) in [7, 11) is 0. The van der Waals surface area contributed by atoms with Gasteiger partial charge in [-0.15, -0.1) is 10.2 Å². The van der Waals surface area contributed by atoms with Gasteiger partial charge >= 0.3 is 0 Å². The number of nitro groups is 1. The first-order chi connectivity index (χ1) is 15.0. The van der Waals surface area contributed by atoms with Gasteiger partial charge < -0.3 is 4.42 Å². The highest BCUT2D eigenvalue weighted by Gasteiger charge is 2.45. The van der Waals surface area contributed by atoms with Crippen molar-refractivity contribution in [2.45, 2.75) is 19.4 Å². The third kappa shape index (κ3) is 2.91. The molecule has 0 N–H and O–H groups in total. The molecule has 0 saturated heterocycles. The van der Waals surface area contributed by atoms with E-state index in [1.54, 1.807) is 30.3 Å². The molecule has 0 spiro atoms. The predicted molar refractivity (Wildman–Crippen MR) is 114 cm³/mol. The molecule has 1 aliphatic heterocycles. The number of hydrogen-bond donors (Lipinski definition) is 0. The highest BCUT2D eigenvalue weighted by molar-refractivity contribution is 7.15. The van der Waals surface area contributed by atoms with Crippen molar-refractivity contribution in [2.75, 3.05) is 4.90 Å². The Balaban J connectivity index is 1.80. The molecular formula is C21H14N4O5S. The quantitative estimate of drug-likeness (QED) is 0.353. The van der Waals surface area contributed by atoms with Crippen molar-refractivity contribution in [3.8, 4) is 0 Å². The minimum Gasteiger partial charge on any atom is -0.450 e. The van der Waals surface area contributed by atoms with Gasteiger partial charge in [-0.1, -0.05) is 42.5 Å². The molecule has 2 aromatic carbocycles. The van der Waals surface area contributed by atoms with Crippen molar-refractivity contribution in [2.24, 2.45) is 0 Å². The second kappa shape index (κ2) is 7.10. The Morgan fingerprint density at radius 1 is 1.16 bits per heavy atom. The number of fused-ring (bicyclic) bond motifs is 2. The summed E-state index contributed by atoms with van der Waals surface area (Å²) in [6.07, 6.45) is 0.634. The van der Waals surface area contributed by atoms with Crippen LogP contribution in [0, 0.1) is 10.1 Å². The Morgan fingerprint density at radius 2 is 1.97 bits per heavy atom. The molecule has 3 heterocycles. The summed E-state index contributed by atoms with van der Waals surface area (Å²) < 4.78 is 5.84. The molecule has 5 rings (SSSR count). The molecule has 154 valence electrons. The Bertz CT molecular complexity index is 1430. The van der Waals surface area contributed by atoms with Crippen LogP contribution in [0.4, 0.5) is 10.8 Å². The third-order valence-corrected chi connectivity index (χ3v) is 6.21. The molecular weight excluding hydrogens is 420 g/mol. The van der Waals surface area contributed by atoms with Crippen LogP contribution in [0.15, 0.2) is 57.7 Å². The fourth-order valence-electron chi connectivity index (χ4n) is 3.73. The van der Waals surface area contributed by atoms with Gasteiger partial charge in [0.05, 0.1) is 21.9 Å². The van der Waals surface area contributed by atoms with Gasteiger partial charge in [-0.05, 0) is 24.1 Å². The third-order valence-electron chi connectivity index (χ3n) is 5.14. The van der Waals surface area contributed by atoms with Gasteiger partial charge in [0.15, 0.2) is 5.43 Å². The van der Waals surface area contributed by atoms with E-state index in [0.29, 0.717) is 28.1 Å². The van der Waals surface area contributed by atoms with Crippen LogP contribution < -0.4 is 10.3 Å². The lowest BCUT2D eigenvalue weighted by Gasteiger charge is -2.21. The predicted octanol–water partition coefficient (Wildman–Crippen LogP) is 3.86. The number of rotatable bonds is 4. The summed E-state index contributed by atoms with van der Waals surface area (Å²) in [5.74, 6) is -0.624. The van der Waals surface area contributed by atoms with Gasteiger partial charge in [0.25, 0.3) is 11.6 Å². The number of amides is 1. The number of aryl methyl sites for hydroxylation is 1. The van der Waals surface area contributed by atoms with Crippen LogP contribution in [-0.4, -0.2) is 21.0 Å². The van der Waals surface area contributed by atoms with Gasteiger partial charge in [0, 0.05) is 12.1 Å². The molecule has 31 heavy (non-hydrogen) atoms. The molecule has 0 fully saturated rings. The number of aromatic nitrogens is 2. The van der Waals surface area contributed by atoms with Crippen molar-refractivity contribution in [1.82, 2.24) is 10.2 Å². The molecule has 1 atom stereocenters. The largest absolute Gasteiger partial charge is 0.450 e. The number of benzene rings is 2. The molecule has 4 aromatic rings. The van der Waals surface area contributed by atoms with E-state index in [9.17, 15) is 19.7 Å². The van der Waals surface area contributed by atoms with Crippen LogP contribution in [0.3, 0.4) is 0 Å². The minimum atomic E-state index is -0.916. The van der Waals surface area contributed by atoms with E-state index < -0.39 is 16.9 Å². The van der Waals surface area contributed by atoms with Crippen molar-refractivity contribution < 1.29 is 14.1 Å². The Labute approximate surface area is 178 Å². The van der Waals surface area contributed by atoms with E-state index in [1.807, 2.05) is 6.92 Å². The maximum absolute atomic E-state index is 13.4. The van der Waals surface area contributed by atoms with Gasteiger partial charge in [-0.2, -0.15) is 0 Å². The summed E-state index contributed by atoms with van der Waals surface area (Å²) in [5.41, 5.74) is 0.347. The van der Waals surface area contributed by atoms with Crippen molar-refractivity contribution in [1.29, 1.82) is 0 Å². The topological polar surface area (TPSA) is 119 Å². The fraction of sp³-hybridized carbons (Fsp3) is 0.143. The van der Waals surface area contributed by atoms with Crippen LogP contribution >= 0.6 is 11.3 Å². The van der Waals surface area contributed by atoms with Crippen LogP contribution in [-0.2, 0) is 6.42 Å². The monoisotopic (exact) mass is 434 g/mol. The van der Waals surface area contributed by atoms with Crippen molar-refractivity contribution >= 4 is 39.0 Å². The SMILES string of the molecule is CCc1nnc(N2C(=O)c3oc4ccccc4c(=O)c3C2c2cccc([N+](=O)[O-])c2)s1. The molecule has 1 aliphatic rings. The second-order valence-corrected chi connectivity index (χ2v) is 7.97. The van der Waals surface area contributed by atoms with Crippen molar-refractivity contribution in [3.63, 3.8) is 0 Å². The Hall–Kier alpha value is -3.92. The zero-order valence-electron chi connectivity index (χ0n) is 16.1. The van der Waals surface area contributed by atoms with Crippen LogP contribution in [0.25, 0.3) is 11.0 Å². The highest BCUT2D eigenvalue weighted by Crippen LogP contribution is 2.42. The molecule has 0 bridgehead atoms. The lowest BCUT2D eigenvalue weighted by atomic mass is 9.98. The minimum absolute atomic E-state index is 0.0894. The molecule has 0 radical (unpaired) electrons. The summed E-state index contributed by atoms with van der Waals surface area (Å²) >= 11 is 1.23. The zero-order valence-corrected chi connectivity index (χ0v) is 17.0. The van der Waals surface area contributed by atoms with Crippen LogP contribution in [0.1, 0.15) is 39.7 Å². The molecule has 10 heteroatoms. The number of carbonyl (C=O) groups excluding carboxylic acids is 1. The van der Waals surface area contributed by atoms with E-state index >= 15 is 0 Å². The molecule has 0 saturated carbocycles. The number of hydrogen-bond acceptors (Lipinski definition) is 8. The zero-order chi connectivity index (χ0) is 21.7. The smallest absolute Gasteiger partial charge is 0.297 e. The van der Waals surface area contributed by atoms with Gasteiger partial charge in [0.1, 0.15) is 10.6 Å². The second-order valence-electron chi connectivity index (χ2n) is 6.93. The molecule has 1 unspecified atom stereocenters. The lowest BCUT2D eigenvalue weighted by molar-refractivity contribution is -0.384. The first-order valence-electron chi connectivity index (χ1n) is 9.45. The van der Waals surface area contributed by atoms with E-state index in [2.05, 4.69) is 10.2 Å². The average Bonchev–Trinajstić information content (AvgIpc) is 3.37. The average molecular weight is 434 g/mol. The van der Waals surface area contributed by atoms with Crippen LogP contribution in [0.2, 0.25) is 0 Å². The normalized spacial score (nSPS) is 15.5. The fourth-order valence-corrected chi connectivity index (χ4v) is 4.53. The summed E-state index contributed by atoms with van der Waals surface area (Å²) in [6, 6.07) is 11.6. The first kappa shape index (κ1) is 19.1. The van der Waals surface area contributed by atoms with Crippen LogP contribution in [0.5, 0.6) is 0 Å². The van der Waals surface area contributed by atoms with E-state index in [4.69, 9.17) is 4.42 Å².